The lowest BCUT2D eigenvalue weighted by atomic mass is 10.2. The van der Waals surface area contributed by atoms with Gasteiger partial charge in [-0.1, -0.05) is 23.2 Å². The molecule has 0 fully saturated rings. The minimum atomic E-state index is -0.275. The van der Waals surface area contributed by atoms with Crippen LogP contribution >= 0.6 is 34.5 Å². The normalized spacial score (nSPS) is 11.1. The summed E-state index contributed by atoms with van der Waals surface area (Å²) in [6, 6.07) is 10.3. The van der Waals surface area contributed by atoms with E-state index in [4.69, 9.17) is 33.6 Å². The molecule has 6 nitrogen and oxygen atoms in total. The molecule has 0 aliphatic rings. The third-order valence-corrected chi connectivity index (χ3v) is 6.11. The second kappa shape index (κ2) is 8.18. The highest BCUT2D eigenvalue weighted by Crippen LogP contribution is 2.29. The number of hydrogen-bond acceptors (Lipinski definition) is 5. The van der Waals surface area contributed by atoms with Crippen LogP contribution in [-0.2, 0) is 0 Å². The summed E-state index contributed by atoms with van der Waals surface area (Å²) in [5.41, 5.74) is 1.03. The predicted molar refractivity (Wildman–Crippen MR) is 124 cm³/mol. The number of rotatable bonds is 4. The topological polar surface area (TPSA) is 74.9 Å². The first-order valence-corrected chi connectivity index (χ1v) is 10.8. The largest absolute Gasteiger partial charge is 0.360 e. The number of hydrogen-bond donors (Lipinski definition) is 1. The lowest BCUT2D eigenvalue weighted by Crippen LogP contribution is -2.25. The quantitative estimate of drug-likeness (QED) is 0.341. The lowest BCUT2D eigenvalue weighted by Gasteiger charge is -2.16. The van der Waals surface area contributed by atoms with Crippen molar-refractivity contribution in [3.63, 3.8) is 0 Å². The van der Waals surface area contributed by atoms with Crippen LogP contribution in [0.25, 0.3) is 27.4 Å². The molecular formula is C21H17Cl2N5OS. The van der Waals surface area contributed by atoms with E-state index in [2.05, 4.69) is 4.98 Å². The predicted octanol–water partition coefficient (Wildman–Crippen LogP) is 5.09. The third-order valence-electron chi connectivity index (χ3n) is 4.72. The Morgan fingerprint density at radius 3 is 2.67 bits per heavy atom. The van der Waals surface area contributed by atoms with Crippen LogP contribution in [0.5, 0.6) is 0 Å². The Morgan fingerprint density at radius 1 is 1.20 bits per heavy atom. The van der Waals surface area contributed by atoms with Crippen LogP contribution < -0.4 is 5.56 Å². The minimum Gasteiger partial charge on any atom is -0.360 e. The summed E-state index contributed by atoms with van der Waals surface area (Å²) >= 11 is 13.5. The summed E-state index contributed by atoms with van der Waals surface area (Å²) in [5.74, 6) is 1.27. The standard InChI is InChI=1S/C21H17Cl2N5OS/c1-3-27(2)19(24)12-8-17(30-11-12)20-26-16-6-4-13(22)9-15(16)21(29)28(20)18-7-5-14(23)10-25-18/h4-11,24H,3H2,1-2H3. The molecule has 0 atom stereocenters. The van der Waals surface area contributed by atoms with Gasteiger partial charge in [-0.3, -0.25) is 10.2 Å². The highest BCUT2D eigenvalue weighted by molar-refractivity contribution is 7.13. The fourth-order valence-corrected chi connectivity index (χ4v) is 4.15. The zero-order chi connectivity index (χ0) is 21.4. The number of fused-ring (bicyclic) bond motifs is 1. The fourth-order valence-electron chi connectivity index (χ4n) is 2.99. The Hall–Kier alpha value is -2.74. The second-order valence-corrected chi connectivity index (χ2v) is 8.42. The smallest absolute Gasteiger partial charge is 0.267 e. The van der Waals surface area contributed by atoms with E-state index in [0.717, 1.165) is 17.0 Å². The molecule has 3 heterocycles. The van der Waals surface area contributed by atoms with Crippen LogP contribution in [0.2, 0.25) is 10.0 Å². The SMILES string of the molecule is CCN(C)C(=N)c1csc(-c2nc3ccc(Cl)cc3c(=O)n2-c2ccc(Cl)cn2)c1. The van der Waals surface area contributed by atoms with E-state index in [0.29, 0.717) is 38.4 Å². The van der Waals surface area contributed by atoms with Gasteiger partial charge in [0.25, 0.3) is 5.56 Å². The zero-order valence-corrected chi connectivity index (χ0v) is 18.5. The summed E-state index contributed by atoms with van der Waals surface area (Å²) in [4.78, 5) is 25.1. The molecule has 9 heteroatoms. The van der Waals surface area contributed by atoms with Crippen LogP contribution in [0.4, 0.5) is 0 Å². The van der Waals surface area contributed by atoms with Crippen molar-refractivity contribution in [1.29, 1.82) is 5.41 Å². The monoisotopic (exact) mass is 457 g/mol. The lowest BCUT2D eigenvalue weighted by molar-refractivity contribution is 0.533. The third kappa shape index (κ3) is 3.71. The van der Waals surface area contributed by atoms with Gasteiger partial charge in [-0.05, 0) is 43.3 Å². The van der Waals surface area contributed by atoms with E-state index in [1.807, 2.05) is 30.3 Å². The van der Waals surface area contributed by atoms with Gasteiger partial charge in [0.05, 0.1) is 20.8 Å². The van der Waals surface area contributed by atoms with Crippen molar-refractivity contribution in [2.24, 2.45) is 0 Å². The van der Waals surface area contributed by atoms with Gasteiger partial charge in [-0.2, -0.15) is 0 Å². The van der Waals surface area contributed by atoms with Gasteiger partial charge in [0.15, 0.2) is 5.82 Å². The number of halogens is 2. The molecule has 1 N–H and O–H groups in total. The maximum atomic E-state index is 13.4. The van der Waals surface area contributed by atoms with E-state index in [1.165, 1.54) is 22.1 Å². The zero-order valence-electron chi connectivity index (χ0n) is 16.2. The van der Waals surface area contributed by atoms with Gasteiger partial charge in [0.1, 0.15) is 11.7 Å². The van der Waals surface area contributed by atoms with E-state index in [9.17, 15) is 4.79 Å². The van der Waals surface area contributed by atoms with Crippen LogP contribution in [0.15, 0.2) is 52.8 Å². The number of aromatic nitrogens is 3. The maximum Gasteiger partial charge on any atom is 0.267 e. The number of pyridine rings is 1. The Balaban J connectivity index is 1.97. The van der Waals surface area contributed by atoms with Crippen LogP contribution in [0.3, 0.4) is 0 Å². The molecule has 0 saturated carbocycles. The van der Waals surface area contributed by atoms with Gasteiger partial charge in [-0.25, -0.2) is 14.5 Å². The molecule has 0 bridgehead atoms. The minimum absolute atomic E-state index is 0.275. The maximum absolute atomic E-state index is 13.4. The van der Waals surface area contributed by atoms with Gasteiger partial charge < -0.3 is 4.90 Å². The number of benzene rings is 1. The highest BCUT2D eigenvalue weighted by Gasteiger charge is 2.18. The molecule has 0 radical (unpaired) electrons. The summed E-state index contributed by atoms with van der Waals surface area (Å²) in [6.45, 7) is 2.71. The molecule has 4 aromatic rings. The van der Waals surface area contributed by atoms with Gasteiger partial charge in [0, 0.05) is 35.8 Å². The molecular weight excluding hydrogens is 441 g/mol. The first-order chi connectivity index (χ1) is 14.4. The van der Waals surface area contributed by atoms with Crippen LogP contribution in [0.1, 0.15) is 12.5 Å². The molecule has 4 rings (SSSR count). The number of nitrogens with one attached hydrogen (secondary N) is 1. The van der Waals surface area contributed by atoms with Crippen LogP contribution in [-0.4, -0.2) is 38.9 Å². The molecule has 30 heavy (non-hydrogen) atoms. The first-order valence-electron chi connectivity index (χ1n) is 9.12. The molecule has 0 spiro atoms. The molecule has 0 saturated heterocycles. The Kier molecular flexibility index (Phi) is 5.60. The summed E-state index contributed by atoms with van der Waals surface area (Å²) in [6.07, 6.45) is 1.49. The van der Waals surface area contributed by atoms with Gasteiger partial charge in [-0.15, -0.1) is 11.3 Å². The van der Waals surface area contributed by atoms with Crippen molar-refractivity contribution in [3.8, 4) is 16.5 Å². The number of thiophene rings is 1. The van der Waals surface area contributed by atoms with Gasteiger partial charge >= 0.3 is 0 Å². The average Bonchev–Trinajstić information content (AvgIpc) is 3.24. The van der Waals surface area contributed by atoms with Crippen molar-refractivity contribution in [3.05, 3.63) is 73.9 Å². The van der Waals surface area contributed by atoms with E-state index >= 15 is 0 Å². The summed E-state index contributed by atoms with van der Waals surface area (Å²) in [5, 5.41) is 11.6. The molecule has 0 amide bonds. The Bertz CT molecular complexity index is 1310. The van der Waals surface area contributed by atoms with Gasteiger partial charge in [0.2, 0.25) is 0 Å². The average molecular weight is 458 g/mol. The Labute approximate surface area is 186 Å². The van der Waals surface area contributed by atoms with Crippen molar-refractivity contribution < 1.29 is 0 Å². The fraction of sp³-hybridized carbons (Fsp3) is 0.143. The van der Waals surface area contributed by atoms with E-state index in [1.54, 1.807) is 30.3 Å². The molecule has 1 aromatic carbocycles. The highest BCUT2D eigenvalue weighted by atomic mass is 35.5. The van der Waals surface area contributed by atoms with Crippen molar-refractivity contribution >= 4 is 51.3 Å². The molecule has 152 valence electrons. The van der Waals surface area contributed by atoms with E-state index < -0.39 is 0 Å². The summed E-state index contributed by atoms with van der Waals surface area (Å²) < 4.78 is 1.46. The first kappa shape index (κ1) is 20.5. The number of nitrogens with zero attached hydrogens (tertiary/aromatic N) is 4. The summed E-state index contributed by atoms with van der Waals surface area (Å²) in [7, 11) is 1.87. The Morgan fingerprint density at radius 2 is 1.97 bits per heavy atom. The van der Waals surface area contributed by atoms with Crippen LogP contribution in [0, 0.1) is 5.41 Å². The second-order valence-electron chi connectivity index (χ2n) is 6.63. The molecule has 0 aliphatic carbocycles. The van der Waals surface area contributed by atoms with E-state index in [-0.39, 0.29) is 5.56 Å². The molecule has 3 aromatic heterocycles. The van der Waals surface area contributed by atoms with Crippen molar-refractivity contribution in [2.75, 3.05) is 13.6 Å². The van der Waals surface area contributed by atoms with Crippen molar-refractivity contribution in [1.82, 2.24) is 19.4 Å². The molecule has 0 aliphatic heterocycles. The van der Waals surface area contributed by atoms with Crippen molar-refractivity contribution in [2.45, 2.75) is 6.92 Å². The molecule has 0 unspecified atom stereocenters. The number of amidine groups is 1.